The van der Waals surface area contributed by atoms with Crippen LogP contribution in [0.5, 0.6) is 5.75 Å². The Balaban J connectivity index is 1.76. The van der Waals surface area contributed by atoms with Gasteiger partial charge in [0.25, 0.3) is 0 Å². The van der Waals surface area contributed by atoms with Crippen LogP contribution in [0, 0.1) is 6.92 Å². The molecule has 2 aromatic carbocycles. The average molecular weight is 462 g/mol. The zero-order valence-corrected chi connectivity index (χ0v) is 18.7. The second-order valence-electron chi connectivity index (χ2n) is 7.48. The summed E-state index contributed by atoms with van der Waals surface area (Å²) in [6.45, 7) is 1.77. The summed E-state index contributed by atoms with van der Waals surface area (Å²) in [4.78, 5) is 43.0. The summed E-state index contributed by atoms with van der Waals surface area (Å²) >= 11 is 6.12. The van der Waals surface area contributed by atoms with Gasteiger partial charge in [-0.05, 0) is 55.0 Å². The number of carbonyl (C=O) groups is 2. The van der Waals surface area contributed by atoms with E-state index in [0.717, 1.165) is 5.56 Å². The van der Waals surface area contributed by atoms with Crippen LogP contribution in [-0.4, -0.2) is 28.4 Å². The van der Waals surface area contributed by atoms with Gasteiger partial charge in [0, 0.05) is 34.6 Å². The number of pyridine rings is 2. The molecule has 0 atom stereocenters. The van der Waals surface area contributed by atoms with Gasteiger partial charge in [-0.1, -0.05) is 17.7 Å². The molecule has 0 unspecified atom stereocenters. The molecule has 0 bridgehead atoms. The highest BCUT2D eigenvalue weighted by molar-refractivity contribution is 6.31. The third-order valence-electron chi connectivity index (χ3n) is 5.17. The third-order valence-corrected chi connectivity index (χ3v) is 5.41. The van der Waals surface area contributed by atoms with E-state index in [0.29, 0.717) is 27.5 Å². The first kappa shape index (κ1) is 22.2. The van der Waals surface area contributed by atoms with Crippen molar-refractivity contribution in [2.75, 3.05) is 12.4 Å². The van der Waals surface area contributed by atoms with Gasteiger partial charge in [0.2, 0.25) is 11.3 Å². The fraction of sp³-hybridized carbons (Fsp3) is 0.120. The zero-order valence-electron chi connectivity index (χ0n) is 18.0. The van der Waals surface area contributed by atoms with Crippen molar-refractivity contribution in [2.24, 2.45) is 0 Å². The molecular weight excluding hydrogens is 442 g/mol. The molecule has 0 spiro atoms. The topological polar surface area (TPSA) is 90.3 Å². The SMILES string of the molecule is COc1ccc(C)cc1NC(=O)Cn1cc(C(=O)c2ccncc2)c(=O)c2cc(Cl)ccc21. The van der Waals surface area contributed by atoms with Crippen LogP contribution in [0.3, 0.4) is 0 Å². The Kier molecular flexibility index (Phi) is 6.24. The molecule has 33 heavy (non-hydrogen) atoms. The van der Waals surface area contributed by atoms with Crippen LogP contribution >= 0.6 is 11.6 Å². The highest BCUT2D eigenvalue weighted by atomic mass is 35.5. The van der Waals surface area contributed by atoms with E-state index in [1.54, 1.807) is 28.8 Å². The highest BCUT2D eigenvalue weighted by Gasteiger charge is 2.19. The number of ether oxygens (including phenoxy) is 1. The highest BCUT2D eigenvalue weighted by Crippen LogP contribution is 2.25. The molecule has 0 fully saturated rings. The van der Waals surface area contributed by atoms with Gasteiger partial charge < -0.3 is 14.6 Å². The molecule has 1 amide bonds. The van der Waals surface area contributed by atoms with Crippen molar-refractivity contribution in [3.8, 4) is 5.75 Å². The second kappa shape index (κ2) is 9.26. The first-order valence-electron chi connectivity index (χ1n) is 10.1. The number of aromatic nitrogens is 2. The van der Waals surface area contributed by atoms with E-state index in [2.05, 4.69) is 10.3 Å². The Morgan fingerprint density at radius 2 is 1.85 bits per heavy atom. The number of hydrogen-bond acceptors (Lipinski definition) is 5. The summed E-state index contributed by atoms with van der Waals surface area (Å²) in [5.41, 5.74) is 1.79. The lowest BCUT2D eigenvalue weighted by Crippen LogP contribution is -2.24. The van der Waals surface area contributed by atoms with Crippen molar-refractivity contribution in [2.45, 2.75) is 13.5 Å². The molecule has 0 saturated carbocycles. The number of rotatable bonds is 6. The van der Waals surface area contributed by atoms with Gasteiger partial charge in [0.15, 0.2) is 5.78 Å². The molecule has 0 aliphatic rings. The summed E-state index contributed by atoms with van der Waals surface area (Å²) in [6, 6.07) is 13.3. The monoisotopic (exact) mass is 461 g/mol. The lowest BCUT2D eigenvalue weighted by Gasteiger charge is -2.15. The van der Waals surface area contributed by atoms with Crippen LogP contribution < -0.4 is 15.5 Å². The molecule has 7 nitrogen and oxygen atoms in total. The Hall–Kier alpha value is -3.97. The minimum Gasteiger partial charge on any atom is -0.495 e. The molecule has 0 radical (unpaired) electrons. The fourth-order valence-electron chi connectivity index (χ4n) is 3.58. The molecule has 0 aliphatic heterocycles. The number of hydrogen-bond donors (Lipinski definition) is 1. The number of halogens is 1. The van der Waals surface area contributed by atoms with Crippen LogP contribution in [0.25, 0.3) is 10.9 Å². The van der Waals surface area contributed by atoms with E-state index >= 15 is 0 Å². The number of nitrogens with zero attached hydrogens (tertiary/aromatic N) is 2. The lowest BCUT2D eigenvalue weighted by molar-refractivity contribution is -0.116. The third kappa shape index (κ3) is 4.63. The van der Waals surface area contributed by atoms with Crippen LogP contribution in [0.4, 0.5) is 5.69 Å². The number of aryl methyl sites for hydroxylation is 1. The Labute approximate surface area is 194 Å². The zero-order chi connectivity index (χ0) is 23.5. The molecule has 2 aromatic heterocycles. The molecule has 8 heteroatoms. The van der Waals surface area contributed by atoms with Gasteiger partial charge in [-0.2, -0.15) is 0 Å². The number of nitrogens with one attached hydrogen (secondary N) is 1. The molecule has 2 heterocycles. The predicted molar refractivity (Wildman–Crippen MR) is 127 cm³/mol. The average Bonchev–Trinajstić information content (AvgIpc) is 2.81. The standard InChI is InChI=1S/C25H20ClN3O4/c1-15-3-6-22(33-2)20(11-15)28-23(30)14-29-13-19(24(31)16-7-9-27-10-8-16)25(32)18-12-17(26)4-5-21(18)29/h3-13H,14H2,1-2H3,(H,28,30). The van der Waals surface area contributed by atoms with Crippen molar-refractivity contribution in [3.05, 3.63) is 99.1 Å². The van der Waals surface area contributed by atoms with E-state index < -0.39 is 11.2 Å². The summed E-state index contributed by atoms with van der Waals surface area (Å²) in [6.07, 6.45) is 4.37. The number of amides is 1. The van der Waals surface area contributed by atoms with E-state index in [-0.39, 0.29) is 23.4 Å². The van der Waals surface area contributed by atoms with Crippen molar-refractivity contribution in [1.29, 1.82) is 0 Å². The van der Waals surface area contributed by atoms with Gasteiger partial charge in [-0.15, -0.1) is 0 Å². The number of carbonyl (C=O) groups excluding carboxylic acids is 2. The van der Waals surface area contributed by atoms with Crippen molar-refractivity contribution in [1.82, 2.24) is 9.55 Å². The smallest absolute Gasteiger partial charge is 0.244 e. The van der Waals surface area contributed by atoms with E-state index in [1.165, 1.54) is 43.9 Å². The molecule has 0 saturated heterocycles. The maximum atomic E-state index is 13.1. The second-order valence-corrected chi connectivity index (χ2v) is 7.91. The number of anilines is 1. The number of ketones is 1. The molecule has 4 aromatic rings. The van der Waals surface area contributed by atoms with Crippen LogP contribution in [0.2, 0.25) is 5.02 Å². The maximum absolute atomic E-state index is 13.1. The lowest BCUT2D eigenvalue weighted by atomic mass is 10.0. The van der Waals surface area contributed by atoms with E-state index in [9.17, 15) is 14.4 Å². The first-order valence-corrected chi connectivity index (χ1v) is 10.5. The summed E-state index contributed by atoms with van der Waals surface area (Å²) in [5, 5.41) is 3.45. The van der Waals surface area contributed by atoms with Crippen molar-refractivity contribution < 1.29 is 14.3 Å². The molecule has 166 valence electrons. The summed E-state index contributed by atoms with van der Waals surface area (Å²) in [7, 11) is 1.52. The maximum Gasteiger partial charge on any atom is 0.244 e. The minimum atomic E-state index is -0.459. The Bertz CT molecular complexity index is 1430. The normalized spacial score (nSPS) is 10.8. The summed E-state index contributed by atoms with van der Waals surface area (Å²) < 4.78 is 6.89. The van der Waals surface area contributed by atoms with Crippen LogP contribution in [0.1, 0.15) is 21.5 Å². The Morgan fingerprint density at radius 1 is 1.09 bits per heavy atom. The molecule has 4 rings (SSSR count). The minimum absolute atomic E-state index is 0.0584. The molecular formula is C25H20ClN3O4. The van der Waals surface area contributed by atoms with Crippen LogP contribution in [-0.2, 0) is 11.3 Å². The van der Waals surface area contributed by atoms with Gasteiger partial charge in [-0.25, -0.2) is 0 Å². The quantitative estimate of drug-likeness (QED) is 0.434. The van der Waals surface area contributed by atoms with Crippen LogP contribution in [0.15, 0.2) is 71.9 Å². The fourth-order valence-corrected chi connectivity index (χ4v) is 3.76. The largest absolute Gasteiger partial charge is 0.495 e. The van der Waals surface area contributed by atoms with Gasteiger partial charge in [0.1, 0.15) is 12.3 Å². The summed E-state index contributed by atoms with van der Waals surface area (Å²) in [5.74, 6) is -0.279. The Morgan fingerprint density at radius 3 is 2.58 bits per heavy atom. The number of benzene rings is 2. The van der Waals surface area contributed by atoms with Gasteiger partial charge >= 0.3 is 0 Å². The van der Waals surface area contributed by atoms with E-state index in [1.807, 2.05) is 13.0 Å². The molecule has 1 N–H and O–H groups in total. The molecule has 0 aliphatic carbocycles. The van der Waals surface area contributed by atoms with Crippen molar-refractivity contribution >= 4 is 39.9 Å². The van der Waals surface area contributed by atoms with Gasteiger partial charge in [0.05, 0.1) is 23.9 Å². The predicted octanol–water partition coefficient (Wildman–Crippen LogP) is 4.24. The number of fused-ring (bicyclic) bond motifs is 1. The first-order chi connectivity index (χ1) is 15.9. The van der Waals surface area contributed by atoms with Gasteiger partial charge in [-0.3, -0.25) is 19.4 Å². The number of methoxy groups -OCH3 is 1. The van der Waals surface area contributed by atoms with E-state index in [4.69, 9.17) is 16.3 Å². The van der Waals surface area contributed by atoms with Crippen molar-refractivity contribution in [3.63, 3.8) is 0 Å².